The lowest BCUT2D eigenvalue weighted by Gasteiger charge is -2.19. The van der Waals surface area contributed by atoms with Gasteiger partial charge in [0, 0.05) is 0 Å². The van der Waals surface area contributed by atoms with Gasteiger partial charge in [0.1, 0.15) is 0 Å². The van der Waals surface area contributed by atoms with E-state index in [2.05, 4.69) is 59.8 Å². The third-order valence-corrected chi connectivity index (χ3v) is 3.32. The van der Waals surface area contributed by atoms with Crippen LogP contribution in [-0.4, -0.2) is 24.4 Å². The highest BCUT2D eigenvalue weighted by Crippen LogP contribution is 2.15. The maximum absolute atomic E-state index is 8.55. The molecule has 0 radical (unpaired) electrons. The van der Waals surface area contributed by atoms with E-state index in [1.165, 1.54) is 22.3 Å². The molecule has 0 aromatic carbocycles. The van der Waals surface area contributed by atoms with Crippen molar-refractivity contribution >= 4 is 0 Å². The lowest BCUT2D eigenvalue weighted by Crippen LogP contribution is -2.15. The quantitative estimate of drug-likeness (QED) is 0.693. The van der Waals surface area contributed by atoms with Gasteiger partial charge in [-0.05, 0) is 60.8 Å². The average molecular weight is 306 g/mol. The van der Waals surface area contributed by atoms with Crippen molar-refractivity contribution in [3.63, 3.8) is 0 Å². The van der Waals surface area contributed by atoms with Crippen LogP contribution in [0.5, 0.6) is 0 Å². The Morgan fingerprint density at radius 2 is 1.86 bits per heavy atom. The Hall–Kier alpha value is -1.12. The molecule has 2 nitrogen and oxygen atoms in total. The molecule has 0 spiro atoms. The van der Waals surface area contributed by atoms with Crippen LogP contribution in [0, 0.1) is 0 Å². The number of allylic oxidation sites excluding steroid dienone is 4. The Labute approximate surface area is 137 Å². The minimum atomic E-state index is 0.167. The molecule has 0 amide bonds. The number of hydrogen-bond acceptors (Lipinski definition) is 2. The number of ether oxygens (including phenoxy) is 1. The molecule has 1 unspecified atom stereocenters. The summed E-state index contributed by atoms with van der Waals surface area (Å²) in [5.74, 6) is 0. The van der Waals surface area contributed by atoms with Crippen molar-refractivity contribution in [2.75, 3.05) is 13.2 Å². The summed E-state index contributed by atoms with van der Waals surface area (Å²) in [6.07, 6.45) is 12.0. The van der Waals surface area contributed by atoms with Crippen LogP contribution < -0.4 is 0 Å². The van der Waals surface area contributed by atoms with E-state index in [0.717, 1.165) is 25.9 Å². The van der Waals surface area contributed by atoms with E-state index in [1.807, 2.05) is 6.08 Å². The second-order valence-electron chi connectivity index (χ2n) is 6.42. The van der Waals surface area contributed by atoms with E-state index in [4.69, 9.17) is 9.84 Å². The van der Waals surface area contributed by atoms with Crippen LogP contribution in [0.2, 0.25) is 0 Å². The molecule has 2 heteroatoms. The zero-order chi connectivity index (χ0) is 17.0. The van der Waals surface area contributed by atoms with Gasteiger partial charge in [-0.15, -0.1) is 0 Å². The molecule has 0 aromatic heterocycles. The first-order valence-corrected chi connectivity index (χ1v) is 8.17. The molecule has 0 fully saturated rings. The van der Waals surface area contributed by atoms with Crippen LogP contribution in [0.25, 0.3) is 0 Å². The smallest absolute Gasteiger partial charge is 0.0799 e. The summed E-state index contributed by atoms with van der Waals surface area (Å²) in [6.45, 7) is 13.6. The average Bonchev–Trinajstić information content (AvgIpc) is 2.38. The van der Waals surface area contributed by atoms with Crippen LogP contribution in [-0.2, 0) is 4.74 Å². The largest absolute Gasteiger partial charge is 0.392 e. The lowest BCUT2D eigenvalue weighted by molar-refractivity contribution is 0.0983. The van der Waals surface area contributed by atoms with Crippen molar-refractivity contribution in [3.8, 4) is 0 Å². The highest BCUT2D eigenvalue weighted by Gasteiger charge is 2.09. The summed E-state index contributed by atoms with van der Waals surface area (Å²) in [7, 11) is 0. The predicted octanol–water partition coefficient (Wildman–Crippen LogP) is 5.36. The van der Waals surface area contributed by atoms with Gasteiger partial charge >= 0.3 is 0 Å². The molecule has 1 atom stereocenters. The van der Waals surface area contributed by atoms with Crippen molar-refractivity contribution in [3.05, 3.63) is 46.6 Å². The van der Waals surface area contributed by atoms with Crippen molar-refractivity contribution < 1.29 is 9.84 Å². The molecule has 1 rings (SSSR count). The fraction of sp³-hybridized carbons (Fsp3) is 0.600. The molecule has 1 N–H and O–H groups in total. The molecule has 1 aliphatic heterocycles. The van der Waals surface area contributed by atoms with Crippen molar-refractivity contribution in [1.29, 1.82) is 0 Å². The summed E-state index contributed by atoms with van der Waals surface area (Å²) < 4.78 is 5.51. The van der Waals surface area contributed by atoms with Gasteiger partial charge in [0.05, 0.1) is 19.3 Å². The highest BCUT2D eigenvalue weighted by molar-refractivity contribution is 5.10. The second-order valence-corrected chi connectivity index (χ2v) is 6.42. The summed E-state index contributed by atoms with van der Waals surface area (Å²) in [5, 5.41) is 8.55. The SMILES string of the molecule is CC(C)=CC1CC(C)=CCO1.CC(C)=CCC/C(C)=C\CO. The first-order valence-electron chi connectivity index (χ1n) is 8.17. The maximum atomic E-state index is 8.55. The number of aliphatic hydroxyl groups is 1. The van der Waals surface area contributed by atoms with Gasteiger partial charge in [-0.25, -0.2) is 0 Å². The van der Waals surface area contributed by atoms with Gasteiger partial charge in [0.15, 0.2) is 0 Å². The van der Waals surface area contributed by atoms with Gasteiger partial charge in [0.25, 0.3) is 0 Å². The van der Waals surface area contributed by atoms with Crippen molar-refractivity contribution in [2.24, 2.45) is 0 Å². The summed E-state index contributed by atoms with van der Waals surface area (Å²) in [4.78, 5) is 0. The van der Waals surface area contributed by atoms with E-state index in [1.54, 1.807) is 0 Å². The Balaban J connectivity index is 0.000000401. The topological polar surface area (TPSA) is 29.5 Å². The van der Waals surface area contributed by atoms with E-state index >= 15 is 0 Å². The van der Waals surface area contributed by atoms with Crippen molar-refractivity contribution in [1.82, 2.24) is 0 Å². The van der Waals surface area contributed by atoms with Crippen LogP contribution >= 0.6 is 0 Å². The summed E-state index contributed by atoms with van der Waals surface area (Å²) in [5.41, 5.74) is 5.41. The molecule has 0 saturated carbocycles. The summed E-state index contributed by atoms with van der Waals surface area (Å²) >= 11 is 0. The first-order chi connectivity index (χ1) is 10.3. The Kier molecular flexibility index (Phi) is 11.8. The molecule has 1 aliphatic rings. The molecule has 0 bridgehead atoms. The second kappa shape index (κ2) is 12.4. The monoisotopic (exact) mass is 306 g/mol. The fourth-order valence-electron chi connectivity index (χ4n) is 2.10. The van der Waals surface area contributed by atoms with Gasteiger partial charge in [-0.3, -0.25) is 0 Å². The van der Waals surface area contributed by atoms with E-state index < -0.39 is 0 Å². The van der Waals surface area contributed by atoms with Gasteiger partial charge in [-0.1, -0.05) is 46.6 Å². The molecule has 0 saturated heterocycles. The summed E-state index contributed by atoms with van der Waals surface area (Å²) in [6, 6.07) is 0. The maximum Gasteiger partial charge on any atom is 0.0799 e. The highest BCUT2D eigenvalue weighted by atomic mass is 16.5. The van der Waals surface area contributed by atoms with Crippen LogP contribution in [0.3, 0.4) is 0 Å². The van der Waals surface area contributed by atoms with Crippen LogP contribution in [0.1, 0.15) is 60.8 Å². The van der Waals surface area contributed by atoms with Crippen LogP contribution in [0.15, 0.2) is 46.6 Å². The fourth-order valence-corrected chi connectivity index (χ4v) is 2.10. The standard InChI is InChI=1S/C10H16O.C10H18O/c1-8(2)6-10-7-9(3)4-5-11-10;1-9(2)5-4-6-10(3)7-8-11/h4,6,10H,5,7H2,1-3H3;5,7,11H,4,6,8H2,1-3H3/b;10-7-. The molecule has 22 heavy (non-hydrogen) atoms. The number of hydrogen-bond donors (Lipinski definition) is 1. The lowest BCUT2D eigenvalue weighted by atomic mass is 10.1. The minimum Gasteiger partial charge on any atom is -0.392 e. The van der Waals surface area contributed by atoms with E-state index in [0.29, 0.717) is 6.10 Å². The molecular formula is C20H34O2. The van der Waals surface area contributed by atoms with E-state index in [-0.39, 0.29) is 6.61 Å². The Morgan fingerprint density at radius 1 is 1.18 bits per heavy atom. The Morgan fingerprint density at radius 3 is 2.36 bits per heavy atom. The number of rotatable bonds is 5. The number of aliphatic hydroxyl groups excluding tert-OH is 1. The molecule has 126 valence electrons. The minimum absolute atomic E-state index is 0.167. The molecular weight excluding hydrogens is 272 g/mol. The third-order valence-electron chi connectivity index (χ3n) is 3.32. The Bertz CT molecular complexity index is 411. The van der Waals surface area contributed by atoms with E-state index in [9.17, 15) is 0 Å². The zero-order valence-electron chi connectivity index (χ0n) is 15.3. The van der Waals surface area contributed by atoms with Gasteiger partial charge in [-0.2, -0.15) is 0 Å². The zero-order valence-corrected chi connectivity index (χ0v) is 15.3. The predicted molar refractivity (Wildman–Crippen MR) is 97.1 cm³/mol. The third kappa shape index (κ3) is 12.6. The molecule has 1 heterocycles. The normalized spacial score (nSPS) is 17.9. The molecule has 0 aliphatic carbocycles. The van der Waals surface area contributed by atoms with Crippen LogP contribution in [0.4, 0.5) is 0 Å². The van der Waals surface area contributed by atoms with Gasteiger partial charge < -0.3 is 9.84 Å². The van der Waals surface area contributed by atoms with Gasteiger partial charge in [0.2, 0.25) is 0 Å². The van der Waals surface area contributed by atoms with Crippen molar-refractivity contribution in [2.45, 2.75) is 66.9 Å². The first kappa shape index (κ1) is 20.9. The molecule has 0 aromatic rings.